The summed E-state index contributed by atoms with van der Waals surface area (Å²) in [6, 6.07) is 7.68. The monoisotopic (exact) mass is 202 g/mol. The Morgan fingerprint density at radius 2 is 2.13 bits per heavy atom. The summed E-state index contributed by atoms with van der Waals surface area (Å²) < 4.78 is 0. The second kappa shape index (κ2) is 3.57. The van der Waals surface area contributed by atoms with E-state index < -0.39 is 5.97 Å². The largest absolute Gasteiger partial charge is 0.477 e. The minimum absolute atomic E-state index is 0.105. The van der Waals surface area contributed by atoms with Gasteiger partial charge in [0.15, 0.2) is 0 Å². The molecule has 0 atom stereocenters. The molecule has 2 rings (SSSR count). The van der Waals surface area contributed by atoms with Crippen LogP contribution in [0.25, 0.3) is 11.4 Å². The number of H-pyrrole nitrogens is 1. The minimum Gasteiger partial charge on any atom is -0.477 e. The van der Waals surface area contributed by atoms with Gasteiger partial charge >= 0.3 is 5.97 Å². The summed E-state index contributed by atoms with van der Waals surface area (Å²) in [5.41, 5.74) is 2.09. The Balaban J connectivity index is 2.46. The highest BCUT2D eigenvalue weighted by Gasteiger charge is 2.09. The number of carbonyl (C=O) groups is 1. The highest BCUT2D eigenvalue weighted by atomic mass is 16.4. The van der Waals surface area contributed by atoms with Gasteiger partial charge in [0.1, 0.15) is 11.5 Å². The molecule has 2 aromatic rings. The van der Waals surface area contributed by atoms with E-state index in [4.69, 9.17) is 5.11 Å². The smallest absolute Gasteiger partial charge is 0.353 e. The average molecular weight is 202 g/mol. The molecule has 1 heterocycles. The molecule has 0 saturated heterocycles. The maximum atomic E-state index is 10.7. The van der Waals surface area contributed by atoms with E-state index in [9.17, 15) is 4.79 Å². The van der Waals surface area contributed by atoms with Gasteiger partial charge in [0.25, 0.3) is 0 Å². The molecule has 2 N–H and O–H groups in total. The fourth-order valence-electron chi connectivity index (χ4n) is 1.41. The predicted octanol–water partition coefficient (Wildman–Crippen LogP) is 2.08. The third-order valence-electron chi connectivity index (χ3n) is 2.21. The van der Waals surface area contributed by atoms with E-state index in [1.54, 1.807) is 0 Å². The Morgan fingerprint density at radius 1 is 1.40 bits per heavy atom. The molecule has 0 aliphatic rings. The fourth-order valence-corrected chi connectivity index (χ4v) is 1.41. The number of imidazole rings is 1. The summed E-state index contributed by atoms with van der Waals surface area (Å²) in [5, 5.41) is 8.74. The van der Waals surface area contributed by atoms with E-state index >= 15 is 0 Å². The molecule has 0 aliphatic carbocycles. The molecule has 76 valence electrons. The predicted molar refractivity (Wildman–Crippen MR) is 55.7 cm³/mol. The van der Waals surface area contributed by atoms with Gasteiger partial charge in [-0.15, -0.1) is 0 Å². The number of hydrogen-bond donors (Lipinski definition) is 2. The molecular formula is C11H10N2O2. The lowest BCUT2D eigenvalue weighted by Gasteiger charge is -2.00. The second-order valence-electron chi connectivity index (χ2n) is 3.27. The summed E-state index contributed by atoms with van der Waals surface area (Å²) in [6.45, 7) is 1.96. The number of carboxylic acid groups (broad SMARTS) is 1. The van der Waals surface area contributed by atoms with Crippen LogP contribution in [0, 0.1) is 6.92 Å². The topological polar surface area (TPSA) is 66.0 Å². The van der Waals surface area contributed by atoms with Gasteiger partial charge in [0.05, 0.1) is 6.20 Å². The molecule has 0 aliphatic heterocycles. The zero-order chi connectivity index (χ0) is 10.8. The Morgan fingerprint density at radius 3 is 2.73 bits per heavy atom. The molecule has 0 unspecified atom stereocenters. The van der Waals surface area contributed by atoms with Crippen LogP contribution in [0.15, 0.2) is 30.5 Å². The van der Waals surface area contributed by atoms with E-state index in [1.165, 1.54) is 6.20 Å². The van der Waals surface area contributed by atoms with E-state index in [0.29, 0.717) is 5.82 Å². The first kappa shape index (κ1) is 9.45. The van der Waals surface area contributed by atoms with Crippen LogP contribution in [-0.2, 0) is 0 Å². The molecule has 0 amide bonds. The maximum Gasteiger partial charge on any atom is 0.353 e. The SMILES string of the molecule is Cc1ccccc1-c1ncc(C(=O)O)[nH]1. The normalized spacial score (nSPS) is 10.2. The first-order valence-electron chi connectivity index (χ1n) is 4.53. The summed E-state index contributed by atoms with van der Waals surface area (Å²) in [6.07, 6.45) is 1.32. The van der Waals surface area contributed by atoms with Gasteiger partial charge in [-0.3, -0.25) is 0 Å². The van der Waals surface area contributed by atoms with Gasteiger partial charge in [-0.2, -0.15) is 0 Å². The summed E-state index contributed by atoms with van der Waals surface area (Å²) in [4.78, 5) is 17.5. The third kappa shape index (κ3) is 1.74. The van der Waals surface area contributed by atoms with Crippen molar-refractivity contribution in [3.05, 3.63) is 41.7 Å². The number of nitrogens with one attached hydrogen (secondary N) is 1. The third-order valence-corrected chi connectivity index (χ3v) is 2.21. The molecule has 4 heteroatoms. The number of aromatic nitrogens is 2. The number of aryl methyl sites for hydroxylation is 1. The molecular weight excluding hydrogens is 192 g/mol. The fraction of sp³-hybridized carbons (Fsp3) is 0.0909. The number of aromatic amines is 1. The Labute approximate surface area is 86.6 Å². The van der Waals surface area contributed by atoms with E-state index in [0.717, 1.165) is 11.1 Å². The van der Waals surface area contributed by atoms with Gasteiger partial charge < -0.3 is 10.1 Å². The van der Waals surface area contributed by atoms with Crippen LogP contribution >= 0.6 is 0 Å². The van der Waals surface area contributed by atoms with E-state index in [-0.39, 0.29) is 5.69 Å². The molecule has 1 aromatic carbocycles. The van der Waals surface area contributed by atoms with Crippen LogP contribution in [0.2, 0.25) is 0 Å². The lowest BCUT2D eigenvalue weighted by molar-refractivity contribution is 0.0691. The zero-order valence-corrected chi connectivity index (χ0v) is 8.19. The second-order valence-corrected chi connectivity index (χ2v) is 3.27. The first-order chi connectivity index (χ1) is 7.18. The van der Waals surface area contributed by atoms with Crippen LogP contribution in [0.5, 0.6) is 0 Å². The maximum absolute atomic E-state index is 10.7. The van der Waals surface area contributed by atoms with Crippen molar-refractivity contribution < 1.29 is 9.90 Å². The summed E-state index contributed by atoms with van der Waals surface area (Å²) in [5.74, 6) is -0.409. The van der Waals surface area contributed by atoms with Crippen molar-refractivity contribution in [3.63, 3.8) is 0 Å². The summed E-state index contributed by atoms with van der Waals surface area (Å²) >= 11 is 0. The van der Waals surface area contributed by atoms with Crippen LogP contribution in [0.3, 0.4) is 0 Å². The summed E-state index contributed by atoms with van der Waals surface area (Å²) in [7, 11) is 0. The number of aromatic carboxylic acids is 1. The Bertz CT molecular complexity index is 503. The Kier molecular flexibility index (Phi) is 2.25. The number of hydrogen-bond acceptors (Lipinski definition) is 2. The quantitative estimate of drug-likeness (QED) is 0.783. The zero-order valence-electron chi connectivity index (χ0n) is 8.19. The van der Waals surface area contributed by atoms with Crippen LogP contribution in [-0.4, -0.2) is 21.0 Å². The molecule has 15 heavy (non-hydrogen) atoms. The molecule has 1 aromatic heterocycles. The molecule has 0 bridgehead atoms. The van der Waals surface area contributed by atoms with Crippen molar-refractivity contribution in [3.8, 4) is 11.4 Å². The number of rotatable bonds is 2. The van der Waals surface area contributed by atoms with Gasteiger partial charge in [-0.25, -0.2) is 9.78 Å². The van der Waals surface area contributed by atoms with Crippen LogP contribution in [0.1, 0.15) is 16.1 Å². The molecule has 0 fully saturated rings. The van der Waals surface area contributed by atoms with Crippen molar-refractivity contribution >= 4 is 5.97 Å². The number of nitrogens with zero attached hydrogens (tertiary/aromatic N) is 1. The minimum atomic E-state index is -0.998. The lowest BCUT2D eigenvalue weighted by Crippen LogP contribution is -1.95. The van der Waals surface area contributed by atoms with Crippen molar-refractivity contribution in [2.24, 2.45) is 0 Å². The van der Waals surface area contributed by atoms with E-state index in [2.05, 4.69) is 9.97 Å². The van der Waals surface area contributed by atoms with Crippen LogP contribution < -0.4 is 0 Å². The molecule has 0 radical (unpaired) electrons. The highest BCUT2D eigenvalue weighted by Crippen LogP contribution is 2.19. The van der Waals surface area contributed by atoms with E-state index in [1.807, 2.05) is 31.2 Å². The average Bonchev–Trinajstić information content (AvgIpc) is 2.67. The highest BCUT2D eigenvalue weighted by molar-refractivity contribution is 5.86. The molecule has 0 spiro atoms. The van der Waals surface area contributed by atoms with Crippen molar-refractivity contribution in [2.75, 3.05) is 0 Å². The van der Waals surface area contributed by atoms with Gasteiger partial charge in [-0.05, 0) is 12.5 Å². The first-order valence-corrected chi connectivity index (χ1v) is 4.53. The molecule has 4 nitrogen and oxygen atoms in total. The van der Waals surface area contributed by atoms with Crippen molar-refractivity contribution in [1.29, 1.82) is 0 Å². The Hall–Kier alpha value is -2.10. The van der Waals surface area contributed by atoms with Gasteiger partial charge in [0, 0.05) is 5.56 Å². The van der Waals surface area contributed by atoms with Crippen LogP contribution in [0.4, 0.5) is 0 Å². The molecule has 0 saturated carbocycles. The number of benzene rings is 1. The number of carboxylic acids is 1. The van der Waals surface area contributed by atoms with Crippen molar-refractivity contribution in [1.82, 2.24) is 9.97 Å². The van der Waals surface area contributed by atoms with Gasteiger partial charge in [0.2, 0.25) is 0 Å². The van der Waals surface area contributed by atoms with Gasteiger partial charge in [-0.1, -0.05) is 24.3 Å². The lowest BCUT2D eigenvalue weighted by atomic mass is 10.1. The van der Waals surface area contributed by atoms with Crippen molar-refractivity contribution in [2.45, 2.75) is 6.92 Å². The standard InChI is InChI=1S/C11H10N2O2/c1-7-4-2-3-5-8(7)10-12-6-9(13-10)11(14)15/h2-6H,1H3,(H,12,13)(H,14,15).